The van der Waals surface area contributed by atoms with Crippen LogP contribution in [-0.4, -0.2) is 41.1 Å². The van der Waals surface area contributed by atoms with Gasteiger partial charge in [0.1, 0.15) is 5.82 Å². The zero-order valence-corrected chi connectivity index (χ0v) is 14.2. The van der Waals surface area contributed by atoms with Crippen molar-refractivity contribution in [1.29, 1.82) is 0 Å². The summed E-state index contributed by atoms with van der Waals surface area (Å²) in [4.78, 5) is 16.7. The molecule has 3 heterocycles. The molecule has 0 N–H and O–H groups in total. The van der Waals surface area contributed by atoms with Crippen molar-refractivity contribution in [3.05, 3.63) is 41.9 Å². The fraction of sp³-hybridized carbons (Fsp3) is 0.471. The van der Waals surface area contributed by atoms with Crippen molar-refractivity contribution in [3.8, 4) is 0 Å². The van der Waals surface area contributed by atoms with E-state index < -0.39 is 11.7 Å². The van der Waals surface area contributed by atoms with E-state index >= 15 is 0 Å². The Labute approximate surface area is 144 Å². The number of halogens is 3. The van der Waals surface area contributed by atoms with E-state index in [1.807, 2.05) is 23.8 Å². The van der Waals surface area contributed by atoms with E-state index in [0.29, 0.717) is 24.9 Å². The van der Waals surface area contributed by atoms with Crippen LogP contribution in [-0.2, 0) is 6.18 Å². The first-order valence-electron chi connectivity index (χ1n) is 8.14. The highest BCUT2D eigenvalue weighted by Gasteiger charge is 2.32. The molecular weight excluding hydrogens is 331 g/mol. The molecule has 5 nitrogen and oxygen atoms in total. The zero-order valence-electron chi connectivity index (χ0n) is 14.2. The SMILES string of the molecule is Cc1cnc(N(C)C2CCCN(c3cc(C(F)(F)F)ccn3)C2)nc1. The Bertz CT molecular complexity index is 717. The minimum atomic E-state index is -4.36. The molecule has 134 valence electrons. The number of hydrogen-bond donors (Lipinski definition) is 0. The van der Waals surface area contributed by atoms with Crippen molar-refractivity contribution >= 4 is 11.8 Å². The van der Waals surface area contributed by atoms with Crippen molar-refractivity contribution in [2.75, 3.05) is 29.9 Å². The summed E-state index contributed by atoms with van der Waals surface area (Å²) in [5.41, 5.74) is 0.311. The number of aromatic nitrogens is 3. The first-order valence-corrected chi connectivity index (χ1v) is 8.14. The lowest BCUT2D eigenvalue weighted by Gasteiger charge is -2.38. The van der Waals surface area contributed by atoms with Gasteiger partial charge in [0.05, 0.1) is 5.56 Å². The molecule has 1 saturated heterocycles. The number of nitrogens with zero attached hydrogens (tertiary/aromatic N) is 5. The third-order valence-electron chi connectivity index (χ3n) is 4.42. The van der Waals surface area contributed by atoms with Crippen molar-refractivity contribution in [2.45, 2.75) is 32.0 Å². The number of anilines is 2. The lowest BCUT2D eigenvalue weighted by molar-refractivity contribution is -0.137. The standard InChI is InChI=1S/C17H20F3N5/c1-12-9-22-16(23-10-12)24(2)14-4-3-7-25(11-14)15-8-13(5-6-21-15)17(18,19)20/h5-6,8-10,14H,3-4,7,11H2,1-2H3. The minimum absolute atomic E-state index is 0.118. The first-order chi connectivity index (χ1) is 11.8. The fourth-order valence-electron chi connectivity index (χ4n) is 2.98. The van der Waals surface area contributed by atoms with E-state index in [1.54, 1.807) is 12.4 Å². The Morgan fingerprint density at radius 2 is 1.92 bits per heavy atom. The number of aryl methyl sites for hydroxylation is 1. The normalized spacial score (nSPS) is 18.3. The van der Waals surface area contributed by atoms with Gasteiger partial charge in [-0.2, -0.15) is 13.2 Å². The molecule has 1 fully saturated rings. The van der Waals surface area contributed by atoms with Crippen molar-refractivity contribution in [2.24, 2.45) is 0 Å². The molecule has 0 aromatic carbocycles. The number of piperidine rings is 1. The Hall–Kier alpha value is -2.38. The summed E-state index contributed by atoms with van der Waals surface area (Å²) >= 11 is 0. The van der Waals surface area contributed by atoms with E-state index in [0.717, 1.165) is 30.5 Å². The second-order valence-electron chi connectivity index (χ2n) is 6.31. The van der Waals surface area contributed by atoms with Gasteiger partial charge in [-0.05, 0) is 37.5 Å². The fourth-order valence-corrected chi connectivity index (χ4v) is 2.98. The lowest BCUT2D eigenvalue weighted by atomic mass is 10.0. The summed E-state index contributed by atoms with van der Waals surface area (Å²) in [5.74, 6) is 0.979. The maximum atomic E-state index is 12.9. The van der Waals surface area contributed by atoms with Gasteiger partial charge in [-0.15, -0.1) is 0 Å². The molecule has 0 aliphatic carbocycles. The predicted octanol–water partition coefficient (Wildman–Crippen LogP) is 3.30. The van der Waals surface area contributed by atoms with Crippen LogP contribution in [0.5, 0.6) is 0 Å². The van der Waals surface area contributed by atoms with E-state index in [-0.39, 0.29) is 6.04 Å². The summed E-state index contributed by atoms with van der Waals surface area (Å²) in [6.07, 6.45) is 2.18. The van der Waals surface area contributed by atoms with Crippen LogP contribution in [0.15, 0.2) is 30.7 Å². The number of pyridine rings is 1. The van der Waals surface area contributed by atoms with Gasteiger partial charge in [-0.1, -0.05) is 0 Å². The maximum Gasteiger partial charge on any atom is 0.416 e. The highest BCUT2D eigenvalue weighted by atomic mass is 19.4. The van der Waals surface area contributed by atoms with Gasteiger partial charge in [0, 0.05) is 44.8 Å². The van der Waals surface area contributed by atoms with Crippen LogP contribution in [0, 0.1) is 6.92 Å². The molecule has 2 aromatic rings. The van der Waals surface area contributed by atoms with Crippen LogP contribution < -0.4 is 9.80 Å². The van der Waals surface area contributed by atoms with Gasteiger partial charge in [0.25, 0.3) is 0 Å². The van der Waals surface area contributed by atoms with Crippen LogP contribution in [0.2, 0.25) is 0 Å². The van der Waals surface area contributed by atoms with Crippen LogP contribution >= 0.6 is 0 Å². The Balaban J connectivity index is 1.76. The van der Waals surface area contributed by atoms with Gasteiger partial charge in [-0.3, -0.25) is 0 Å². The van der Waals surface area contributed by atoms with Gasteiger partial charge >= 0.3 is 6.18 Å². The molecule has 1 aliphatic heterocycles. The molecule has 0 bridgehead atoms. The van der Waals surface area contributed by atoms with Gasteiger partial charge in [0.2, 0.25) is 5.95 Å². The number of hydrogen-bond acceptors (Lipinski definition) is 5. The number of likely N-dealkylation sites (N-methyl/N-ethyl adjacent to an activating group) is 1. The number of rotatable bonds is 3. The van der Waals surface area contributed by atoms with Gasteiger partial charge < -0.3 is 9.80 Å². The smallest absolute Gasteiger partial charge is 0.355 e. The largest absolute Gasteiger partial charge is 0.416 e. The maximum absolute atomic E-state index is 12.9. The van der Waals surface area contributed by atoms with Gasteiger partial charge in [-0.25, -0.2) is 15.0 Å². The topological polar surface area (TPSA) is 45.2 Å². The van der Waals surface area contributed by atoms with E-state index in [1.165, 1.54) is 6.20 Å². The molecule has 1 aliphatic rings. The molecule has 8 heteroatoms. The summed E-state index contributed by atoms with van der Waals surface area (Å²) in [5, 5.41) is 0. The van der Waals surface area contributed by atoms with Gasteiger partial charge in [0.15, 0.2) is 0 Å². The second kappa shape index (κ2) is 6.85. The highest BCUT2D eigenvalue weighted by Crippen LogP contribution is 2.31. The molecule has 0 saturated carbocycles. The second-order valence-corrected chi connectivity index (χ2v) is 6.31. The van der Waals surface area contributed by atoms with E-state index in [9.17, 15) is 13.2 Å². The Kier molecular flexibility index (Phi) is 4.78. The summed E-state index contributed by atoms with van der Waals surface area (Å²) in [7, 11) is 1.92. The van der Waals surface area contributed by atoms with Crippen molar-refractivity contribution in [3.63, 3.8) is 0 Å². The predicted molar refractivity (Wildman–Crippen MR) is 89.6 cm³/mol. The molecular formula is C17H20F3N5. The zero-order chi connectivity index (χ0) is 18.0. The third-order valence-corrected chi connectivity index (χ3v) is 4.42. The molecule has 1 atom stereocenters. The Morgan fingerprint density at radius 3 is 2.60 bits per heavy atom. The monoisotopic (exact) mass is 351 g/mol. The molecule has 2 aromatic heterocycles. The molecule has 0 spiro atoms. The van der Waals surface area contributed by atoms with Crippen LogP contribution in [0.3, 0.4) is 0 Å². The summed E-state index contributed by atoms with van der Waals surface area (Å²) < 4.78 is 38.8. The molecule has 25 heavy (non-hydrogen) atoms. The molecule has 0 radical (unpaired) electrons. The highest BCUT2D eigenvalue weighted by molar-refractivity contribution is 5.44. The molecule has 3 rings (SSSR count). The summed E-state index contributed by atoms with van der Waals surface area (Å²) in [6.45, 7) is 3.20. The average Bonchev–Trinajstić information content (AvgIpc) is 2.61. The first kappa shape index (κ1) is 17.4. The minimum Gasteiger partial charge on any atom is -0.355 e. The third kappa shape index (κ3) is 4.00. The van der Waals surface area contributed by atoms with Crippen LogP contribution in [0.25, 0.3) is 0 Å². The van der Waals surface area contributed by atoms with Crippen molar-refractivity contribution < 1.29 is 13.2 Å². The summed E-state index contributed by atoms with van der Waals surface area (Å²) in [6, 6.07) is 2.23. The molecule has 1 unspecified atom stereocenters. The van der Waals surface area contributed by atoms with Crippen LogP contribution in [0.4, 0.5) is 24.9 Å². The van der Waals surface area contributed by atoms with Crippen LogP contribution in [0.1, 0.15) is 24.0 Å². The number of alkyl halides is 3. The quantitative estimate of drug-likeness (QED) is 0.849. The van der Waals surface area contributed by atoms with E-state index in [4.69, 9.17) is 0 Å². The Morgan fingerprint density at radius 1 is 1.20 bits per heavy atom. The van der Waals surface area contributed by atoms with E-state index in [2.05, 4.69) is 15.0 Å². The average molecular weight is 351 g/mol. The lowest BCUT2D eigenvalue weighted by Crippen LogP contribution is -2.47. The molecule has 0 amide bonds. The van der Waals surface area contributed by atoms with Crippen molar-refractivity contribution in [1.82, 2.24) is 15.0 Å².